The topological polar surface area (TPSA) is 74.4 Å². The summed E-state index contributed by atoms with van der Waals surface area (Å²) >= 11 is 5.61. The van der Waals surface area contributed by atoms with Gasteiger partial charge in [-0.1, -0.05) is 19.4 Å². The Bertz CT molecular complexity index is 980. The number of likely N-dealkylation sites (tertiary alicyclic amines) is 1. The van der Waals surface area contributed by atoms with Gasteiger partial charge in [0, 0.05) is 36.3 Å². The van der Waals surface area contributed by atoms with Crippen LogP contribution in [0.1, 0.15) is 62.4 Å². The van der Waals surface area contributed by atoms with Crippen molar-refractivity contribution < 1.29 is 9.47 Å². The molecule has 0 bridgehead atoms. The fourth-order valence-corrected chi connectivity index (χ4v) is 6.07. The number of hydrogen-bond donors (Lipinski definition) is 3. The highest BCUT2D eigenvalue weighted by Gasteiger charge is 2.51. The zero-order valence-corrected chi connectivity index (χ0v) is 21.8. The Balaban J connectivity index is 1.58. The number of rotatable bonds is 9. The number of H-pyrrole nitrogens is 1. The first-order valence-corrected chi connectivity index (χ1v) is 12.9. The molecule has 4 rings (SSSR count). The van der Waals surface area contributed by atoms with E-state index in [0.29, 0.717) is 12.1 Å². The van der Waals surface area contributed by atoms with E-state index in [1.165, 1.54) is 5.56 Å². The van der Waals surface area contributed by atoms with Gasteiger partial charge < -0.3 is 25.1 Å². The Kier molecular flexibility index (Phi) is 7.99. The van der Waals surface area contributed by atoms with Crippen molar-refractivity contribution in [1.29, 1.82) is 0 Å². The van der Waals surface area contributed by atoms with Crippen molar-refractivity contribution in [1.82, 2.24) is 25.5 Å². The molecule has 3 atom stereocenters. The van der Waals surface area contributed by atoms with Crippen LogP contribution < -0.4 is 20.1 Å². The summed E-state index contributed by atoms with van der Waals surface area (Å²) in [4.78, 5) is 10.5. The molecule has 1 aliphatic heterocycles. The molecule has 1 aliphatic carbocycles. The highest BCUT2D eigenvalue weighted by atomic mass is 32.1. The van der Waals surface area contributed by atoms with Gasteiger partial charge in [-0.05, 0) is 75.5 Å². The molecule has 7 nitrogen and oxygen atoms in total. The number of fused-ring (bicyclic) bond motifs is 1. The summed E-state index contributed by atoms with van der Waals surface area (Å²) in [5, 5.41) is 7.78. The van der Waals surface area contributed by atoms with E-state index in [2.05, 4.69) is 57.5 Å². The zero-order valence-electron chi connectivity index (χ0n) is 20.9. The number of aryl methyl sites for hydroxylation is 1. The Morgan fingerprint density at radius 3 is 2.79 bits per heavy atom. The van der Waals surface area contributed by atoms with Crippen molar-refractivity contribution in [2.45, 2.75) is 76.4 Å². The Hall–Kier alpha value is -2.32. The molecule has 3 N–H and O–H groups in total. The largest absolute Gasteiger partial charge is 0.493 e. The fraction of sp³-hybridized carbons (Fsp3) is 0.615. The van der Waals surface area contributed by atoms with Crippen LogP contribution in [0.3, 0.4) is 0 Å². The number of thiocarbonyl (C=S) groups is 1. The average molecular weight is 486 g/mol. The number of unbranched alkanes of at least 4 members (excludes halogenated alkanes) is 1. The van der Waals surface area contributed by atoms with E-state index in [0.717, 1.165) is 86.2 Å². The summed E-state index contributed by atoms with van der Waals surface area (Å²) in [6.07, 6.45) is 8.48. The summed E-state index contributed by atoms with van der Waals surface area (Å²) in [5.41, 5.74) is 3.71. The van der Waals surface area contributed by atoms with E-state index in [-0.39, 0.29) is 5.41 Å². The number of imidazole rings is 1. The summed E-state index contributed by atoms with van der Waals surface area (Å²) in [6.45, 7) is 7.14. The lowest BCUT2D eigenvalue weighted by atomic mass is 9.65. The first-order valence-electron chi connectivity index (χ1n) is 12.5. The molecule has 2 aliphatic rings. The van der Waals surface area contributed by atoms with Crippen molar-refractivity contribution >= 4 is 17.3 Å². The molecule has 1 aromatic carbocycles. The number of benzene rings is 1. The SMILES string of the molecule is CCCCNC(=S)N[C@@H]1CC[C@@]2(c3ccc(OC)c(OC)c3)CCN(Cc3nc[nH]c3C)[C@H]2C1. The highest BCUT2D eigenvalue weighted by Crippen LogP contribution is 2.50. The van der Waals surface area contributed by atoms with Gasteiger partial charge in [-0.25, -0.2) is 4.98 Å². The molecule has 2 fully saturated rings. The minimum absolute atomic E-state index is 0.0825. The van der Waals surface area contributed by atoms with Crippen LogP contribution in [-0.2, 0) is 12.0 Å². The molecular formula is C26H39N5O2S. The van der Waals surface area contributed by atoms with Crippen molar-refractivity contribution in [3.05, 3.63) is 41.5 Å². The summed E-state index contributed by atoms with van der Waals surface area (Å²) < 4.78 is 11.2. The van der Waals surface area contributed by atoms with Crippen molar-refractivity contribution in [3.63, 3.8) is 0 Å². The lowest BCUT2D eigenvalue weighted by Gasteiger charge is -2.45. The molecular weight excluding hydrogens is 446 g/mol. The number of ether oxygens (including phenoxy) is 2. The molecule has 0 radical (unpaired) electrons. The van der Waals surface area contributed by atoms with Crippen molar-refractivity contribution in [2.75, 3.05) is 27.3 Å². The Morgan fingerprint density at radius 2 is 2.09 bits per heavy atom. The lowest BCUT2D eigenvalue weighted by Crippen LogP contribution is -2.53. The summed E-state index contributed by atoms with van der Waals surface area (Å²) in [5.74, 6) is 1.58. The van der Waals surface area contributed by atoms with Crippen LogP contribution in [0.15, 0.2) is 24.5 Å². The van der Waals surface area contributed by atoms with Gasteiger partial charge in [-0.3, -0.25) is 4.90 Å². The predicted molar refractivity (Wildman–Crippen MR) is 140 cm³/mol. The number of aromatic amines is 1. The van der Waals surface area contributed by atoms with Crippen LogP contribution in [0.4, 0.5) is 0 Å². The zero-order chi connectivity index (χ0) is 24.1. The standard InChI is InChI=1S/C26H39N5O2S/c1-5-6-12-27-25(34)30-20-9-10-26(19-7-8-22(32-3)23(14-19)33-4)11-13-31(24(26)15-20)16-21-18(2)28-17-29-21/h7-8,14,17,20,24H,5-6,9-13,15-16H2,1-4H3,(H,28,29)(H2,27,30,34)/t20-,24+,26+/m1/s1. The molecule has 186 valence electrons. The van der Waals surface area contributed by atoms with Gasteiger partial charge in [0.25, 0.3) is 0 Å². The second kappa shape index (κ2) is 11.0. The van der Waals surface area contributed by atoms with Gasteiger partial charge in [0.2, 0.25) is 0 Å². The van der Waals surface area contributed by atoms with Crippen LogP contribution in [0.2, 0.25) is 0 Å². The van der Waals surface area contributed by atoms with E-state index >= 15 is 0 Å². The third-order valence-electron chi connectivity index (χ3n) is 7.77. The quantitative estimate of drug-likeness (QED) is 0.365. The van der Waals surface area contributed by atoms with Crippen molar-refractivity contribution in [2.24, 2.45) is 0 Å². The lowest BCUT2D eigenvalue weighted by molar-refractivity contribution is 0.133. The molecule has 2 aromatic rings. The number of hydrogen-bond acceptors (Lipinski definition) is 5. The molecule has 0 amide bonds. The van der Waals surface area contributed by atoms with E-state index < -0.39 is 0 Å². The maximum Gasteiger partial charge on any atom is 0.166 e. The maximum absolute atomic E-state index is 5.67. The molecule has 1 aromatic heterocycles. The summed E-state index contributed by atoms with van der Waals surface area (Å²) in [6, 6.07) is 7.24. The van der Waals surface area contributed by atoms with Crippen LogP contribution in [-0.4, -0.2) is 59.4 Å². The third kappa shape index (κ3) is 5.03. The number of methoxy groups -OCH3 is 2. The van der Waals surface area contributed by atoms with Gasteiger partial charge >= 0.3 is 0 Å². The molecule has 0 unspecified atom stereocenters. The first kappa shape index (κ1) is 24.8. The van der Waals surface area contributed by atoms with Crippen LogP contribution in [0.25, 0.3) is 0 Å². The van der Waals surface area contributed by atoms with E-state index in [9.17, 15) is 0 Å². The predicted octanol–water partition coefficient (Wildman–Crippen LogP) is 4.06. The minimum atomic E-state index is 0.0825. The maximum atomic E-state index is 5.67. The average Bonchev–Trinajstić information content (AvgIpc) is 3.42. The molecule has 1 saturated carbocycles. The highest BCUT2D eigenvalue weighted by molar-refractivity contribution is 7.80. The normalized spacial score (nSPS) is 24.5. The summed E-state index contributed by atoms with van der Waals surface area (Å²) in [7, 11) is 3.40. The van der Waals surface area contributed by atoms with E-state index in [1.54, 1.807) is 20.5 Å². The van der Waals surface area contributed by atoms with Crippen LogP contribution in [0.5, 0.6) is 11.5 Å². The smallest absolute Gasteiger partial charge is 0.166 e. The molecule has 1 saturated heterocycles. The monoisotopic (exact) mass is 485 g/mol. The van der Waals surface area contributed by atoms with Gasteiger partial charge in [-0.2, -0.15) is 0 Å². The molecule has 8 heteroatoms. The minimum Gasteiger partial charge on any atom is -0.493 e. The molecule has 0 spiro atoms. The number of nitrogens with one attached hydrogen (secondary N) is 3. The van der Waals surface area contributed by atoms with Crippen LogP contribution >= 0.6 is 12.2 Å². The van der Waals surface area contributed by atoms with Crippen molar-refractivity contribution in [3.8, 4) is 11.5 Å². The third-order valence-corrected chi connectivity index (χ3v) is 8.03. The first-order chi connectivity index (χ1) is 16.5. The Labute approximate surface area is 209 Å². The fourth-order valence-electron chi connectivity index (χ4n) is 5.80. The second-order valence-corrected chi connectivity index (χ2v) is 10.1. The number of nitrogens with zero attached hydrogens (tertiary/aromatic N) is 2. The number of aromatic nitrogens is 2. The van der Waals surface area contributed by atoms with Gasteiger partial charge in [-0.15, -0.1) is 0 Å². The second-order valence-electron chi connectivity index (χ2n) is 9.66. The molecule has 2 heterocycles. The van der Waals surface area contributed by atoms with Gasteiger partial charge in [0.1, 0.15) is 0 Å². The Morgan fingerprint density at radius 1 is 1.26 bits per heavy atom. The van der Waals surface area contributed by atoms with Crippen LogP contribution in [0, 0.1) is 6.92 Å². The van der Waals surface area contributed by atoms with Gasteiger partial charge in [0.05, 0.1) is 26.2 Å². The van der Waals surface area contributed by atoms with E-state index in [4.69, 9.17) is 21.7 Å². The van der Waals surface area contributed by atoms with E-state index in [1.807, 2.05) is 0 Å². The molecule has 34 heavy (non-hydrogen) atoms. The van der Waals surface area contributed by atoms with Gasteiger partial charge in [0.15, 0.2) is 16.6 Å².